The van der Waals surface area contributed by atoms with Gasteiger partial charge in [0.05, 0.1) is 26.4 Å². The summed E-state index contributed by atoms with van der Waals surface area (Å²) in [5.41, 5.74) is 0. The second kappa shape index (κ2) is 74.2. The van der Waals surface area contributed by atoms with Crippen molar-refractivity contribution in [1.82, 2.24) is 0 Å². The Bertz CT molecular complexity index is 1990. The predicted octanol–water partition coefficient (Wildman–Crippen LogP) is 25.3. The SMILES string of the molecule is CCCCCCCCCCCCCCCCCCCCCC(=O)OC[C@H](COP(=O)(O)OC[C@@H](O)COP(=O)(O)OC[C@@H](COC(=O)CCCCCCCCCC(C)C)OC(=O)CCCCCCCCCCCCCCC(C)C)OC(=O)CCCCCCCCCCCCCCCCCCC(C)C. The third-order valence-corrected chi connectivity index (χ3v) is 21.5. The van der Waals surface area contributed by atoms with Crippen LogP contribution in [-0.2, 0) is 65.4 Å². The molecule has 0 heterocycles. The zero-order valence-electron chi connectivity index (χ0n) is 67.8. The van der Waals surface area contributed by atoms with E-state index in [1.54, 1.807) is 0 Å². The molecule has 17 nitrogen and oxygen atoms in total. The lowest BCUT2D eigenvalue weighted by Crippen LogP contribution is -2.30. The third-order valence-electron chi connectivity index (χ3n) is 19.6. The fraction of sp³-hybridized carbons (Fsp3) is 0.952. The van der Waals surface area contributed by atoms with Gasteiger partial charge in [-0.15, -0.1) is 0 Å². The first-order valence-corrected chi connectivity index (χ1v) is 46.3. The zero-order chi connectivity index (χ0) is 75.8. The second-order valence-electron chi connectivity index (χ2n) is 31.6. The van der Waals surface area contributed by atoms with Gasteiger partial charge < -0.3 is 33.8 Å². The first-order chi connectivity index (χ1) is 49.7. The molecule has 612 valence electrons. The van der Waals surface area contributed by atoms with E-state index in [4.69, 9.17) is 37.0 Å². The molecule has 19 heteroatoms. The van der Waals surface area contributed by atoms with Crippen molar-refractivity contribution in [3.05, 3.63) is 0 Å². The molecule has 5 atom stereocenters. The van der Waals surface area contributed by atoms with Crippen LogP contribution in [0.1, 0.15) is 440 Å². The number of rotatable bonds is 82. The molecule has 0 saturated carbocycles. The van der Waals surface area contributed by atoms with Crippen LogP contribution in [0.3, 0.4) is 0 Å². The maximum absolute atomic E-state index is 13.1. The summed E-state index contributed by atoms with van der Waals surface area (Å²) in [6, 6.07) is 0. The van der Waals surface area contributed by atoms with Gasteiger partial charge in [-0.05, 0) is 43.4 Å². The number of phosphoric acid groups is 2. The average Bonchev–Trinajstić information content (AvgIpc) is 0.930. The van der Waals surface area contributed by atoms with Gasteiger partial charge in [0.1, 0.15) is 19.3 Å². The molecule has 0 amide bonds. The fourth-order valence-electron chi connectivity index (χ4n) is 13.0. The number of esters is 4. The normalized spacial score (nSPS) is 13.9. The summed E-state index contributed by atoms with van der Waals surface area (Å²) >= 11 is 0. The van der Waals surface area contributed by atoms with Crippen molar-refractivity contribution in [2.24, 2.45) is 17.8 Å². The van der Waals surface area contributed by atoms with Gasteiger partial charge in [-0.3, -0.25) is 37.3 Å². The minimum Gasteiger partial charge on any atom is -0.462 e. The van der Waals surface area contributed by atoms with Crippen LogP contribution in [-0.4, -0.2) is 96.7 Å². The van der Waals surface area contributed by atoms with Crippen LogP contribution in [0.25, 0.3) is 0 Å². The molecule has 0 aliphatic rings. The Labute approximate surface area is 632 Å². The number of phosphoric ester groups is 2. The van der Waals surface area contributed by atoms with Crippen molar-refractivity contribution in [2.75, 3.05) is 39.6 Å². The molecule has 0 aliphatic carbocycles. The van der Waals surface area contributed by atoms with Crippen LogP contribution in [0, 0.1) is 17.8 Å². The molecule has 0 saturated heterocycles. The summed E-state index contributed by atoms with van der Waals surface area (Å²) in [5, 5.41) is 10.7. The smallest absolute Gasteiger partial charge is 0.462 e. The minimum atomic E-state index is -4.96. The van der Waals surface area contributed by atoms with Gasteiger partial charge in [-0.25, -0.2) is 9.13 Å². The van der Waals surface area contributed by atoms with E-state index < -0.39 is 97.5 Å². The molecule has 0 spiro atoms. The summed E-state index contributed by atoms with van der Waals surface area (Å²) in [4.78, 5) is 73.1. The Balaban J connectivity index is 5.23. The van der Waals surface area contributed by atoms with E-state index in [0.29, 0.717) is 31.6 Å². The van der Waals surface area contributed by atoms with Crippen LogP contribution in [0.4, 0.5) is 0 Å². The van der Waals surface area contributed by atoms with Crippen molar-refractivity contribution < 1.29 is 80.2 Å². The quantitative estimate of drug-likeness (QED) is 0.0222. The Morgan fingerprint density at radius 2 is 0.447 bits per heavy atom. The highest BCUT2D eigenvalue weighted by Crippen LogP contribution is 2.45. The molecule has 0 radical (unpaired) electrons. The number of aliphatic hydroxyl groups excluding tert-OH is 1. The van der Waals surface area contributed by atoms with Gasteiger partial charge in [-0.2, -0.15) is 0 Å². The summed E-state index contributed by atoms with van der Waals surface area (Å²) in [5.74, 6) is 0.183. The lowest BCUT2D eigenvalue weighted by Gasteiger charge is -2.21. The Kier molecular flexibility index (Phi) is 72.8. The van der Waals surface area contributed by atoms with Crippen molar-refractivity contribution in [1.29, 1.82) is 0 Å². The number of unbranched alkanes of at least 4 members (excludes halogenated alkanes) is 50. The van der Waals surface area contributed by atoms with Crippen LogP contribution >= 0.6 is 15.6 Å². The molecule has 0 aromatic heterocycles. The summed E-state index contributed by atoms with van der Waals surface area (Å²) < 4.78 is 68.8. The Hall–Kier alpha value is -1.94. The van der Waals surface area contributed by atoms with Crippen molar-refractivity contribution >= 4 is 39.5 Å². The van der Waals surface area contributed by atoms with Gasteiger partial charge in [0.25, 0.3) is 0 Å². The van der Waals surface area contributed by atoms with Crippen LogP contribution in [0.5, 0.6) is 0 Å². The standard InChI is InChI=1S/C84H164O17P2/c1-8-9-10-11-12-13-14-15-16-17-18-19-23-26-32-37-44-51-58-65-81(86)94-71-79(100-83(88)67-60-53-45-38-33-27-24-21-20-22-25-30-35-41-48-55-62-75(2)3)73-98-102(90,91)96-69-78(85)70-97-103(92,93)99-74-80(72-95-82(87)66-59-52-47-40-43-50-57-64-77(6)7)101-84(89)68-61-54-46-39-34-29-28-31-36-42-49-56-63-76(4)5/h75-80,85H,8-74H2,1-7H3,(H,90,91)(H,92,93)/t78-,79-,80-/m1/s1. The van der Waals surface area contributed by atoms with Crippen LogP contribution in [0.2, 0.25) is 0 Å². The molecule has 0 aromatic carbocycles. The highest BCUT2D eigenvalue weighted by molar-refractivity contribution is 7.47. The van der Waals surface area contributed by atoms with Crippen molar-refractivity contribution in [2.45, 2.75) is 458 Å². The van der Waals surface area contributed by atoms with E-state index in [2.05, 4.69) is 48.5 Å². The number of carbonyl (C=O) groups excluding carboxylic acids is 4. The molecule has 3 N–H and O–H groups in total. The highest BCUT2D eigenvalue weighted by atomic mass is 31.2. The molecule has 0 rings (SSSR count). The lowest BCUT2D eigenvalue weighted by atomic mass is 10.0. The highest BCUT2D eigenvalue weighted by Gasteiger charge is 2.30. The number of ether oxygens (including phenoxy) is 4. The number of hydrogen-bond acceptors (Lipinski definition) is 15. The van der Waals surface area contributed by atoms with E-state index in [1.165, 1.54) is 244 Å². The Morgan fingerprint density at radius 1 is 0.262 bits per heavy atom. The Morgan fingerprint density at radius 3 is 0.660 bits per heavy atom. The largest absolute Gasteiger partial charge is 0.472 e. The van der Waals surface area contributed by atoms with Crippen LogP contribution < -0.4 is 0 Å². The third kappa shape index (κ3) is 78.0. The van der Waals surface area contributed by atoms with E-state index in [1.807, 2.05) is 0 Å². The second-order valence-corrected chi connectivity index (χ2v) is 34.6. The van der Waals surface area contributed by atoms with Gasteiger partial charge in [-0.1, -0.05) is 389 Å². The monoisotopic (exact) mass is 1510 g/mol. The van der Waals surface area contributed by atoms with E-state index >= 15 is 0 Å². The topological polar surface area (TPSA) is 237 Å². The van der Waals surface area contributed by atoms with E-state index in [9.17, 15) is 43.2 Å². The molecular weight excluding hydrogens is 1340 g/mol. The van der Waals surface area contributed by atoms with Gasteiger partial charge >= 0.3 is 39.5 Å². The average molecular weight is 1510 g/mol. The zero-order valence-corrected chi connectivity index (χ0v) is 69.6. The number of aliphatic hydroxyl groups is 1. The summed E-state index contributed by atoms with van der Waals surface area (Å²) in [6.07, 6.45) is 64.0. The molecule has 103 heavy (non-hydrogen) atoms. The van der Waals surface area contributed by atoms with E-state index in [0.717, 1.165) is 108 Å². The number of carbonyl (C=O) groups is 4. The minimum absolute atomic E-state index is 0.106. The lowest BCUT2D eigenvalue weighted by molar-refractivity contribution is -0.161. The fourth-order valence-corrected chi connectivity index (χ4v) is 14.6. The molecule has 0 aromatic rings. The predicted molar refractivity (Wildman–Crippen MR) is 423 cm³/mol. The first-order valence-electron chi connectivity index (χ1n) is 43.3. The molecule has 0 bridgehead atoms. The summed E-state index contributed by atoms with van der Waals surface area (Å²) in [6.45, 7) is 11.9. The first kappa shape index (κ1) is 101. The van der Waals surface area contributed by atoms with Crippen molar-refractivity contribution in [3.8, 4) is 0 Å². The molecule has 2 unspecified atom stereocenters. The molecule has 0 aliphatic heterocycles. The van der Waals surface area contributed by atoms with E-state index in [-0.39, 0.29) is 25.7 Å². The van der Waals surface area contributed by atoms with Crippen molar-refractivity contribution in [3.63, 3.8) is 0 Å². The molecule has 0 fully saturated rings. The molecular formula is C84H164O17P2. The van der Waals surface area contributed by atoms with Gasteiger partial charge in [0.15, 0.2) is 12.2 Å². The summed E-state index contributed by atoms with van der Waals surface area (Å²) in [7, 11) is -9.93. The van der Waals surface area contributed by atoms with Gasteiger partial charge in [0, 0.05) is 25.7 Å². The number of hydrogen-bond donors (Lipinski definition) is 3. The maximum atomic E-state index is 13.1. The maximum Gasteiger partial charge on any atom is 0.472 e. The van der Waals surface area contributed by atoms with Gasteiger partial charge in [0.2, 0.25) is 0 Å². The van der Waals surface area contributed by atoms with Crippen LogP contribution in [0.15, 0.2) is 0 Å².